The second kappa shape index (κ2) is 5.64. The zero-order valence-electron chi connectivity index (χ0n) is 12.5. The van der Waals surface area contributed by atoms with Gasteiger partial charge in [0.2, 0.25) is 0 Å². The highest BCUT2D eigenvalue weighted by atomic mass is 32.2. The fraction of sp³-hybridized carbons (Fsp3) is 0.125. The Hall–Kier alpha value is -2.87. The maximum Gasteiger partial charge on any atom is 0.277 e. The van der Waals surface area contributed by atoms with Crippen LogP contribution in [0, 0.1) is 0 Å². The predicted octanol–water partition coefficient (Wildman–Crippen LogP) is 3.06. The van der Waals surface area contributed by atoms with Gasteiger partial charge in [-0.3, -0.25) is 0 Å². The molecule has 7 nitrogen and oxygen atoms in total. The summed E-state index contributed by atoms with van der Waals surface area (Å²) in [5.74, 6) is 0.0791. The van der Waals surface area contributed by atoms with Gasteiger partial charge in [-0.2, -0.15) is 4.98 Å². The quantitative estimate of drug-likeness (QED) is 0.782. The van der Waals surface area contributed by atoms with Gasteiger partial charge in [0.15, 0.2) is 0 Å². The van der Waals surface area contributed by atoms with E-state index in [4.69, 9.17) is 8.94 Å². The third kappa shape index (κ3) is 2.71. The highest BCUT2D eigenvalue weighted by Gasteiger charge is 2.23. The number of sulfonamides is 1. The van der Waals surface area contributed by atoms with E-state index in [1.807, 2.05) is 24.3 Å². The van der Waals surface area contributed by atoms with Gasteiger partial charge in [0.1, 0.15) is 6.26 Å². The fourth-order valence-electron chi connectivity index (χ4n) is 2.57. The number of rotatable bonds is 4. The Kier molecular flexibility index (Phi) is 3.46. The zero-order chi connectivity index (χ0) is 16.6. The van der Waals surface area contributed by atoms with Crippen LogP contribution in [0.4, 0.5) is 5.95 Å². The molecule has 0 saturated carbocycles. The molecule has 0 saturated heterocycles. The lowest BCUT2D eigenvalue weighted by atomic mass is 9.98. The molecule has 24 heavy (non-hydrogen) atoms. The van der Waals surface area contributed by atoms with Crippen molar-refractivity contribution in [2.24, 2.45) is 0 Å². The number of furan rings is 1. The van der Waals surface area contributed by atoms with E-state index in [0.29, 0.717) is 23.3 Å². The molecule has 2 heterocycles. The summed E-state index contributed by atoms with van der Waals surface area (Å²) >= 11 is 0. The zero-order valence-corrected chi connectivity index (χ0v) is 13.3. The van der Waals surface area contributed by atoms with Crippen LogP contribution < -0.4 is 4.72 Å². The molecule has 8 heteroatoms. The summed E-state index contributed by atoms with van der Waals surface area (Å²) in [6.45, 7) is 0. The molecule has 0 radical (unpaired) electrons. The Morgan fingerprint density at radius 1 is 1.12 bits per heavy atom. The van der Waals surface area contributed by atoms with Crippen LogP contribution >= 0.6 is 0 Å². The van der Waals surface area contributed by atoms with Crippen LogP contribution in [0.5, 0.6) is 0 Å². The number of aromatic nitrogens is 2. The highest BCUT2D eigenvalue weighted by Crippen LogP contribution is 2.28. The topological polar surface area (TPSA) is 98.2 Å². The van der Waals surface area contributed by atoms with Crippen molar-refractivity contribution in [3.63, 3.8) is 0 Å². The van der Waals surface area contributed by atoms with Gasteiger partial charge in [0.05, 0.1) is 16.7 Å². The van der Waals surface area contributed by atoms with Crippen LogP contribution in [0.3, 0.4) is 0 Å². The summed E-state index contributed by atoms with van der Waals surface area (Å²) in [4.78, 5) is 4.32. The normalized spacial score (nSPS) is 14.1. The summed E-state index contributed by atoms with van der Waals surface area (Å²) in [6, 6.07) is 9.37. The third-order valence-electron chi connectivity index (χ3n) is 3.78. The van der Waals surface area contributed by atoms with E-state index in [0.717, 1.165) is 11.1 Å². The molecule has 0 aliphatic heterocycles. The lowest BCUT2D eigenvalue weighted by Crippen LogP contribution is -2.18. The van der Waals surface area contributed by atoms with Crippen LogP contribution in [0.25, 0.3) is 17.5 Å². The Bertz CT molecular complexity index is 1000. The molecule has 4 rings (SSSR count). The van der Waals surface area contributed by atoms with E-state index in [2.05, 4.69) is 14.9 Å². The van der Waals surface area contributed by atoms with Crippen LogP contribution in [-0.4, -0.2) is 18.6 Å². The molecule has 122 valence electrons. The van der Waals surface area contributed by atoms with Gasteiger partial charge in [0.25, 0.3) is 21.9 Å². The number of nitrogens with one attached hydrogen (secondary N) is 1. The second-order valence-electron chi connectivity index (χ2n) is 5.35. The first-order valence-electron chi connectivity index (χ1n) is 7.29. The Balaban J connectivity index is 1.59. The largest absolute Gasteiger partial charge is 0.472 e. The molecule has 1 aliphatic rings. The highest BCUT2D eigenvalue weighted by molar-refractivity contribution is 7.96. The minimum absolute atomic E-state index is 0.106. The lowest BCUT2D eigenvalue weighted by molar-refractivity contribution is 0.432. The van der Waals surface area contributed by atoms with Gasteiger partial charge >= 0.3 is 0 Å². The average molecular weight is 343 g/mol. The first-order valence-corrected chi connectivity index (χ1v) is 8.78. The number of hydrogen-bond donors (Lipinski definition) is 1. The monoisotopic (exact) mass is 343 g/mol. The molecule has 1 aromatic carbocycles. The SMILES string of the molecule is O=S(=O)(Nc1noc(-c2ccoc2)n1)C1=Cc2ccccc2CC1. The van der Waals surface area contributed by atoms with Crippen molar-refractivity contribution in [2.75, 3.05) is 4.72 Å². The summed E-state index contributed by atoms with van der Waals surface area (Å²) in [7, 11) is -3.73. The first kappa shape index (κ1) is 14.7. The molecule has 0 unspecified atom stereocenters. The molecule has 0 spiro atoms. The number of fused-ring (bicyclic) bond motifs is 1. The van der Waals surface area contributed by atoms with E-state index in [1.54, 1.807) is 12.1 Å². The predicted molar refractivity (Wildman–Crippen MR) is 87.3 cm³/mol. The van der Waals surface area contributed by atoms with Gasteiger partial charge in [-0.25, -0.2) is 13.1 Å². The summed E-state index contributed by atoms with van der Waals surface area (Å²) < 4.78 is 37.4. The molecular weight excluding hydrogens is 330 g/mol. The van der Waals surface area contributed by atoms with Crippen molar-refractivity contribution in [2.45, 2.75) is 12.8 Å². The molecule has 0 atom stereocenters. The van der Waals surface area contributed by atoms with E-state index in [9.17, 15) is 8.42 Å². The molecular formula is C16H13N3O4S. The van der Waals surface area contributed by atoms with Crippen molar-refractivity contribution in [1.29, 1.82) is 0 Å². The minimum Gasteiger partial charge on any atom is -0.472 e. The third-order valence-corrected chi connectivity index (χ3v) is 5.24. The number of nitrogens with zero attached hydrogens (tertiary/aromatic N) is 2. The van der Waals surface area contributed by atoms with Crippen LogP contribution in [0.15, 0.2) is 56.7 Å². The summed E-state index contributed by atoms with van der Waals surface area (Å²) in [6.07, 6.45) is 5.69. The molecule has 2 aromatic heterocycles. The van der Waals surface area contributed by atoms with Crippen molar-refractivity contribution >= 4 is 22.0 Å². The number of benzene rings is 1. The summed E-state index contributed by atoms with van der Waals surface area (Å²) in [5, 5.41) is 3.65. The maximum absolute atomic E-state index is 12.5. The van der Waals surface area contributed by atoms with Gasteiger partial charge in [-0.15, -0.1) is 0 Å². The van der Waals surface area contributed by atoms with Crippen molar-refractivity contribution < 1.29 is 17.4 Å². The number of allylic oxidation sites excluding steroid dienone is 1. The first-order chi connectivity index (χ1) is 11.6. The molecule has 3 aromatic rings. The Labute approximate surface area is 138 Å². The van der Waals surface area contributed by atoms with Crippen LogP contribution in [0.1, 0.15) is 17.5 Å². The Morgan fingerprint density at radius 2 is 2.00 bits per heavy atom. The standard InChI is InChI=1S/C16H13N3O4S/c20-24(21,14-6-5-11-3-1-2-4-12(11)9-14)19-16-17-15(23-18-16)13-7-8-22-10-13/h1-4,7-10H,5-6H2,(H,18,19). The second-order valence-corrected chi connectivity index (χ2v) is 7.09. The smallest absolute Gasteiger partial charge is 0.277 e. The maximum atomic E-state index is 12.5. The van der Waals surface area contributed by atoms with Crippen molar-refractivity contribution in [3.8, 4) is 11.5 Å². The molecule has 0 bridgehead atoms. The van der Waals surface area contributed by atoms with E-state index in [-0.39, 0.29) is 11.8 Å². The Morgan fingerprint density at radius 3 is 2.83 bits per heavy atom. The number of hydrogen-bond acceptors (Lipinski definition) is 6. The van der Waals surface area contributed by atoms with Gasteiger partial charge in [0, 0.05) is 0 Å². The lowest BCUT2D eigenvalue weighted by Gasteiger charge is -2.16. The van der Waals surface area contributed by atoms with Crippen LogP contribution in [0.2, 0.25) is 0 Å². The van der Waals surface area contributed by atoms with Gasteiger partial charge in [-0.05, 0) is 41.3 Å². The molecule has 0 amide bonds. The molecule has 1 aliphatic carbocycles. The van der Waals surface area contributed by atoms with E-state index < -0.39 is 10.0 Å². The van der Waals surface area contributed by atoms with E-state index in [1.165, 1.54) is 12.5 Å². The van der Waals surface area contributed by atoms with Crippen LogP contribution in [-0.2, 0) is 16.4 Å². The minimum atomic E-state index is -3.73. The molecule has 0 fully saturated rings. The molecule has 1 N–H and O–H groups in total. The summed E-state index contributed by atoms with van der Waals surface area (Å²) in [5.41, 5.74) is 2.63. The average Bonchev–Trinajstić information content (AvgIpc) is 3.25. The fourth-order valence-corrected chi connectivity index (χ4v) is 3.68. The van der Waals surface area contributed by atoms with E-state index >= 15 is 0 Å². The van der Waals surface area contributed by atoms with Gasteiger partial charge < -0.3 is 8.94 Å². The number of aryl methyl sites for hydroxylation is 1. The van der Waals surface area contributed by atoms with Gasteiger partial charge in [-0.1, -0.05) is 24.3 Å². The van der Waals surface area contributed by atoms with Crippen molar-refractivity contribution in [1.82, 2.24) is 10.1 Å². The van der Waals surface area contributed by atoms with Crippen molar-refractivity contribution in [3.05, 3.63) is 58.9 Å². The number of anilines is 1.